The van der Waals surface area contributed by atoms with Crippen molar-refractivity contribution >= 4 is 63.9 Å². The van der Waals surface area contributed by atoms with Crippen molar-refractivity contribution in [1.82, 2.24) is 0 Å². The molecule has 5 nitrogen and oxygen atoms in total. The van der Waals surface area contributed by atoms with Crippen LogP contribution in [0.1, 0.15) is 68.9 Å². The first kappa shape index (κ1) is 36.7. The van der Waals surface area contributed by atoms with Crippen molar-refractivity contribution < 1.29 is 9.35 Å². The average Bonchev–Trinajstić information content (AvgIpc) is 3.64. The van der Waals surface area contributed by atoms with Gasteiger partial charge in [-0.05, 0) is 97.1 Å². The number of thiophene rings is 2. The zero-order valence-corrected chi connectivity index (χ0v) is 32.7. The van der Waals surface area contributed by atoms with E-state index in [0.29, 0.717) is 0 Å². The number of fused-ring (bicyclic) bond motifs is 1. The highest BCUT2D eigenvalue weighted by molar-refractivity contribution is 7.29. The smallest absolute Gasteiger partial charge is 0.269 e. The Bertz CT molecular complexity index is 1870. The summed E-state index contributed by atoms with van der Waals surface area (Å²) in [7, 11) is 0.586. The summed E-state index contributed by atoms with van der Waals surface area (Å²) < 4.78 is 8.91. The third-order valence-corrected chi connectivity index (χ3v) is 16.5. The lowest BCUT2D eigenvalue weighted by Gasteiger charge is -2.36. The van der Waals surface area contributed by atoms with E-state index in [1.165, 1.54) is 72.8 Å². The van der Waals surface area contributed by atoms with Crippen LogP contribution in [0.2, 0.25) is 18.1 Å². The molecule has 0 spiro atoms. The molecule has 0 saturated heterocycles. The molecule has 2 aromatic heterocycles. The molecule has 0 bridgehead atoms. The van der Waals surface area contributed by atoms with E-state index in [1.54, 1.807) is 35.6 Å². The number of nitro groups is 1. The van der Waals surface area contributed by atoms with Gasteiger partial charge in [0.2, 0.25) is 0 Å². The summed E-state index contributed by atoms with van der Waals surface area (Å²) in [6.07, 6.45) is 10.1. The van der Waals surface area contributed by atoms with Crippen molar-refractivity contribution in [3.63, 3.8) is 0 Å². The molecule has 5 aromatic rings. The summed E-state index contributed by atoms with van der Waals surface area (Å²) >= 11 is 3.60. The Hall–Kier alpha value is -3.56. The zero-order chi connectivity index (χ0) is 35.2. The Morgan fingerprint density at radius 1 is 0.837 bits per heavy atom. The molecule has 0 aliphatic carbocycles. The minimum absolute atomic E-state index is 0.108. The van der Waals surface area contributed by atoms with Gasteiger partial charge >= 0.3 is 0 Å². The molecule has 49 heavy (non-hydrogen) atoms. The van der Waals surface area contributed by atoms with Crippen LogP contribution in [0.25, 0.3) is 43.1 Å². The summed E-state index contributed by atoms with van der Waals surface area (Å²) in [5.74, 6) is 0. The van der Waals surface area contributed by atoms with Crippen LogP contribution < -0.4 is 4.90 Å². The van der Waals surface area contributed by atoms with Crippen LogP contribution in [0.5, 0.6) is 0 Å². The van der Waals surface area contributed by atoms with E-state index in [1.807, 2.05) is 17.4 Å². The van der Waals surface area contributed by atoms with E-state index < -0.39 is 8.32 Å². The Morgan fingerprint density at radius 2 is 1.55 bits per heavy atom. The van der Waals surface area contributed by atoms with Crippen molar-refractivity contribution in [3.05, 3.63) is 105 Å². The summed E-state index contributed by atoms with van der Waals surface area (Å²) in [5, 5.41) is 11.2. The van der Waals surface area contributed by atoms with Gasteiger partial charge in [-0.1, -0.05) is 82.0 Å². The van der Waals surface area contributed by atoms with E-state index in [-0.39, 0.29) is 15.6 Å². The summed E-state index contributed by atoms with van der Waals surface area (Å²) in [5.41, 5.74) is 7.35. The lowest BCUT2D eigenvalue weighted by molar-refractivity contribution is -0.384. The van der Waals surface area contributed by atoms with Crippen LogP contribution in [-0.4, -0.2) is 33.4 Å². The molecule has 258 valence electrons. The van der Waals surface area contributed by atoms with E-state index in [0.717, 1.165) is 25.1 Å². The number of unbranched alkanes of at least 4 members (excludes halogenated alkanes) is 4. The molecule has 0 aliphatic heterocycles. The quantitative estimate of drug-likeness (QED) is 0.0470. The number of anilines is 1. The largest absolute Gasteiger partial charge is 0.417 e. The molecule has 0 amide bonds. The maximum atomic E-state index is 10.9. The molecule has 0 radical (unpaired) electrons. The van der Waals surface area contributed by atoms with Crippen LogP contribution >= 0.6 is 22.7 Å². The van der Waals surface area contributed by atoms with Crippen LogP contribution in [0.3, 0.4) is 0 Å². The second-order valence-electron chi connectivity index (χ2n) is 14.6. The molecule has 0 aliphatic rings. The molecule has 5 rings (SSSR count). The minimum Gasteiger partial charge on any atom is -0.417 e. The van der Waals surface area contributed by atoms with Gasteiger partial charge in [-0.3, -0.25) is 10.1 Å². The first-order chi connectivity index (χ1) is 23.3. The zero-order valence-electron chi connectivity index (χ0n) is 30.0. The molecular formula is C41H50N2O3S2Si. The molecule has 0 fully saturated rings. The van der Waals surface area contributed by atoms with Gasteiger partial charge in [-0.15, -0.1) is 22.7 Å². The molecule has 0 atom stereocenters. The lowest BCUT2D eigenvalue weighted by atomic mass is 9.98. The predicted molar refractivity (Wildman–Crippen MR) is 217 cm³/mol. The average molecular weight is 711 g/mol. The van der Waals surface area contributed by atoms with Crippen molar-refractivity contribution in [3.8, 4) is 21.6 Å². The molecular weight excluding hydrogens is 661 g/mol. The van der Waals surface area contributed by atoms with Crippen LogP contribution in [-0.2, 0) is 4.43 Å². The second kappa shape index (κ2) is 16.0. The number of nitrogens with zero attached hydrogens (tertiary/aromatic N) is 2. The van der Waals surface area contributed by atoms with E-state index >= 15 is 0 Å². The van der Waals surface area contributed by atoms with Gasteiger partial charge in [0, 0.05) is 62.7 Å². The normalized spacial score (nSPS) is 12.3. The summed E-state index contributed by atoms with van der Waals surface area (Å²) in [6.45, 7) is 15.7. The summed E-state index contributed by atoms with van der Waals surface area (Å²) in [6, 6.07) is 27.0. The highest BCUT2D eigenvalue weighted by Crippen LogP contribution is 2.42. The van der Waals surface area contributed by atoms with Gasteiger partial charge in [0.1, 0.15) is 0 Å². The van der Waals surface area contributed by atoms with Crippen LogP contribution in [0, 0.1) is 17.0 Å². The number of hydrogen-bond donors (Lipinski definition) is 0. The highest BCUT2D eigenvalue weighted by Gasteiger charge is 2.36. The molecule has 0 saturated carbocycles. The third kappa shape index (κ3) is 9.57. The Morgan fingerprint density at radius 3 is 2.24 bits per heavy atom. The van der Waals surface area contributed by atoms with E-state index in [9.17, 15) is 10.1 Å². The molecule has 0 unspecified atom stereocenters. The third-order valence-electron chi connectivity index (χ3n) is 9.70. The van der Waals surface area contributed by atoms with Crippen molar-refractivity contribution in [2.75, 3.05) is 25.1 Å². The fourth-order valence-corrected chi connectivity index (χ4v) is 9.07. The molecule has 2 heterocycles. The Balaban J connectivity index is 1.23. The van der Waals surface area contributed by atoms with Gasteiger partial charge in [-0.2, -0.15) is 0 Å². The number of non-ortho nitro benzene ring substituents is 1. The first-order valence-corrected chi connectivity index (χ1v) is 21.9. The van der Waals surface area contributed by atoms with Crippen molar-refractivity contribution in [1.29, 1.82) is 0 Å². The summed E-state index contributed by atoms with van der Waals surface area (Å²) in [4.78, 5) is 15.4. The number of benzene rings is 3. The van der Waals surface area contributed by atoms with E-state index in [2.05, 4.69) is 113 Å². The minimum atomic E-state index is -1.64. The number of nitro benzene ring substituents is 1. The molecule has 3 aromatic carbocycles. The Labute approximate surface area is 301 Å². The standard InChI is InChI=1S/C41H50N2O3S2Si/c1-30-14-13-15-32(26-30)36-27-33(19-23-37(36)42(5)24-11-9-8-10-12-25-46-49(6,7)41(2,3)4)38-29-40-39(48-38)28-35(47-40)22-18-31-16-20-34(21-17-31)43(44)45/h13-23,26-29H,8-12,24-25H2,1-7H3/b22-18+. The van der Waals surface area contributed by atoms with E-state index in [4.69, 9.17) is 4.43 Å². The molecule has 8 heteroatoms. The number of hydrogen-bond acceptors (Lipinski definition) is 6. The second-order valence-corrected chi connectivity index (χ2v) is 21.6. The highest BCUT2D eigenvalue weighted by atomic mass is 32.1. The maximum absolute atomic E-state index is 10.9. The van der Waals surface area contributed by atoms with Crippen LogP contribution in [0.4, 0.5) is 11.4 Å². The van der Waals surface area contributed by atoms with Gasteiger partial charge in [0.25, 0.3) is 5.69 Å². The number of rotatable bonds is 15. The number of aryl methyl sites for hydroxylation is 1. The van der Waals surface area contributed by atoms with Gasteiger partial charge in [0.15, 0.2) is 8.32 Å². The fraction of sp³-hybridized carbons (Fsp3) is 0.366. The molecule has 0 N–H and O–H groups in total. The topological polar surface area (TPSA) is 55.6 Å². The fourth-order valence-electron chi connectivity index (χ4n) is 5.68. The maximum Gasteiger partial charge on any atom is 0.269 e. The SMILES string of the molecule is Cc1cccc(-c2cc(-c3cc4sc(/C=C/c5ccc([N+](=O)[O-])cc5)cc4s3)ccc2N(C)CCCCCCCO[Si](C)(C)C(C)(C)C)c1. The van der Waals surface area contributed by atoms with Crippen molar-refractivity contribution in [2.24, 2.45) is 0 Å². The van der Waals surface area contributed by atoms with Crippen LogP contribution in [0.15, 0.2) is 78.9 Å². The van der Waals surface area contributed by atoms with Gasteiger partial charge in [0.05, 0.1) is 4.92 Å². The Kier molecular flexibility index (Phi) is 12.0. The first-order valence-electron chi connectivity index (χ1n) is 17.3. The van der Waals surface area contributed by atoms with Gasteiger partial charge in [-0.25, -0.2) is 0 Å². The van der Waals surface area contributed by atoms with Gasteiger partial charge < -0.3 is 9.33 Å². The lowest BCUT2D eigenvalue weighted by Crippen LogP contribution is -2.40. The predicted octanol–water partition coefficient (Wildman–Crippen LogP) is 13.1. The van der Waals surface area contributed by atoms with Crippen molar-refractivity contribution in [2.45, 2.75) is 77.9 Å². The monoisotopic (exact) mass is 710 g/mol.